The molecule has 0 radical (unpaired) electrons. The van der Waals surface area contributed by atoms with Crippen molar-refractivity contribution >= 4 is 28.8 Å². The van der Waals surface area contributed by atoms with Gasteiger partial charge in [0.1, 0.15) is 8.07 Å². The first-order valence-corrected chi connectivity index (χ1v) is 16.1. The van der Waals surface area contributed by atoms with Crippen LogP contribution in [0.4, 0.5) is 0 Å². The molecule has 0 aliphatic carbocycles. The predicted octanol–water partition coefficient (Wildman–Crippen LogP) is -2.83. The van der Waals surface area contributed by atoms with Crippen molar-refractivity contribution in [2.45, 2.75) is 80.1 Å². The Balaban J connectivity index is 0.00000380. The third-order valence-corrected chi connectivity index (χ3v) is 12.7. The molecule has 0 nitrogen and oxygen atoms in total. The fourth-order valence-corrected chi connectivity index (χ4v) is 10.9. The zero-order valence-electron chi connectivity index (χ0n) is 24.9. The molecule has 0 saturated heterocycles. The van der Waals surface area contributed by atoms with Crippen LogP contribution in [-0.4, -0.2) is 8.07 Å². The number of halogens is 3. The molecule has 0 aliphatic rings. The van der Waals surface area contributed by atoms with Gasteiger partial charge in [0.2, 0.25) is 0 Å². The van der Waals surface area contributed by atoms with E-state index in [2.05, 4.69) is 120 Å². The van der Waals surface area contributed by atoms with Crippen LogP contribution in [0.3, 0.4) is 0 Å². The summed E-state index contributed by atoms with van der Waals surface area (Å²) in [5.41, 5.74) is 8.74. The summed E-state index contributed by atoms with van der Waals surface area (Å²) < 4.78 is 0. The first-order valence-electron chi connectivity index (χ1n) is 14.1. The number of rotatable bonds is 10. The van der Waals surface area contributed by atoms with Gasteiger partial charge in [0.25, 0.3) is 0 Å². The van der Waals surface area contributed by atoms with E-state index < -0.39 is 8.07 Å². The zero-order valence-corrected chi connectivity index (χ0v) is 29.7. The molecular formula is C35H43Cl3SiTi. The minimum absolute atomic E-state index is 0. The molecule has 4 rings (SSSR count). The topological polar surface area (TPSA) is 0 Å². The van der Waals surface area contributed by atoms with Crippen LogP contribution in [0.1, 0.15) is 74.9 Å². The Morgan fingerprint density at radius 2 is 0.650 bits per heavy atom. The van der Waals surface area contributed by atoms with Crippen LogP contribution in [0.15, 0.2) is 78.9 Å². The molecule has 5 heteroatoms. The quantitative estimate of drug-likeness (QED) is 0.0992. The molecule has 0 aromatic heterocycles. The molecule has 0 spiro atoms. The number of benzene rings is 3. The fourth-order valence-electron chi connectivity index (χ4n) is 5.79. The van der Waals surface area contributed by atoms with Crippen LogP contribution < -0.4 is 58.0 Å². The van der Waals surface area contributed by atoms with Gasteiger partial charge in [-0.15, -0.1) is 5.19 Å². The molecule has 0 unspecified atom stereocenters. The van der Waals surface area contributed by atoms with Crippen molar-refractivity contribution in [1.29, 1.82) is 0 Å². The van der Waals surface area contributed by atoms with E-state index in [0.717, 1.165) is 38.5 Å². The van der Waals surface area contributed by atoms with E-state index in [1.165, 1.54) is 54.1 Å². The van der Waals surface area contributed by atoms with Gasteiger partial charge < -0.3 is 37.2 Å². The van der Waals surface area contributed by atoms with Gasteiger partial charge in [-0.05, 0) is 71.9 Å². The van der Waals surface area contributed by atoms with Crippen molar-refractivity contribution in [3.63, 3.8) is 0 Å². The van der Waals surface area contributed by atoms with Crippen molar-refractivity contribution in [2.24, 2.45) is 0 Å². The molecule has 0 heterocycles. The summed E-state index contributed by atoms with van der Waals surface area (Å²) in [7, 11) is -2.53. The maximum absolute atomic E-state index is 2.55. The van der Waals surface area contributed by atoms with E-state index in [1.54, 1.807) is 0 Å². The van der Waals surface area contributed by atoms with Gasteiger partial charge in [-0.1, -0.05) is 112 Å². The summed E-state index contributed by atoms with van der Waals surface area (Å²) in [6.07, 6.45) is 6.40. The van der Waals surface area contributed by atoms with Gasteiger partial charge in [-0.25, -0.2) is 12.1 Å². The van der Waals surface area contributed by atoms with E-state index in [4.69, 9.17) is 0 Å². The molecule has 0 atom stereocenters. The first kappa shape index (κ1) is 38.8. The van der Waals surface area contributed by atoms with Crippen molar-refractivity contribution in [1.82, 2.24) is 0 Å². The Labute approximate surface area is 278 Å². The predicted molar refractivity (Wildman–Crippen MR) is 162 cm³/mol. The number of hydrogen-bond acceptors (Lipinski definition) is 0. The third kappa shape index (κ3) is 7.80. The fraction of sp³-hybridized carbons (Fsp3) is 0.343. The van der Waals surface area contributed by atoms with Gasteiger partial charge >= 0.3 is 21.7 Å². The van der Waals surface area contributed by atoms with Crippen molar-refractivity contribution in [3.8, 4) is 0 Å². The maximum Gasteiger partial charge on any atom is 4.00 e. The van der Waals surface area contributed by atoms with E-state index in [1.807, 2.05) is 0 Å². The summed E-state index contributed by atoms with van der Waals surface area (Å²) >= 11 is 0. The first-order chi connectivity index (χ1) is 17.5. The van der Waals surface area contributed by atoms with Crippen LogP contribution in [0.2, 0.25) is 0 Å². The summed E-state index contributed by atoms with van der Waals surface area (Å²) in [6.45, 7) is 13.8. The summed E-state index contributed by atoms with van der Waals surface area (Å²) in [5, 5.41) is 6.12. The van der Waals surface area contributed by atoms with E-state index >= 15 is 0 Å². The average molecular weight is 646 g/mol. The van der Waals surface area contributed by atoms with Crippen molar-refractivity contribution in [3.05, 3.63) is 112 Å². The molecule has 40 heavy (non-hydrogen) atoms. The molecule has 0 fully saturated rings. The largest absolute Gasteiger partial charge is 4.00 e. The van der Waals surface area contributed by atoms with E-state index in [9.17, 15) is 0 Å². The Morgan fingerprint density at radius 1 is 0.425 bits per heavy atom. The van der Waals surface area contributed by atoms with Gasteiger partial charge in [-0.2, -0.15) is 12.1 Å². The Bertz CT molecular complexity index is 1110. The van der Waals surface area contributed by atoms with Crippen molar-refractivity contribution in [2.75, 3.05) is 0 Å². The minimum Gasteiger partial charge on any atom is -1.00 e. The minimum atomic E-state index is -2.53. The van der Waals surface area contributed by atoms with Crippen LogP contribution in [0, 0.1) is 0 Å². The zero-order chi connectivity index (χ0) is 25.7. The second-order valence-electron chi connectivity index (χ2n) is 10.2. The SMILES string of the molecule is CCc1cc(CC)cc([Si](c2cc(CC)cc(CC)c2)(c2cc(CC)cc(CC)c2)[c-]2cccc2)c1.[Cl-].[Cl-].[Cl-].[Ti+4]. The number of hydrogen-bond donors (Lipinski definition) is 0. The molecule has 212 valence electrons. The molecule has 0 N–H and O–H groups in total. The monoisotopic (exact) mass is 644 g/mol. The van der Waals surface area contributed by atoms with E-state index in [-0.39, 0.29) is 58.9 Å². The molecular weight excluding hydrogens is 603 g/mol. The van der Waals surface area contributed by atoms with Crippen LogP contribution in [0.25, 0.3) is 0 Å². The van der Waals surface area contributed by atoms with Crippen LogP contribution in [-0.2, 0) is 60.2 Å². The Kier molecular flexibility index (Phi) is 17.2. The molecule has 4 aromatic rings. The van der Waals surface area contributed by atoms with Crippen LogP contribution in [0.5, 0.6) is 0 Å². The van der Waals surface area contributed by atoms with Crippen molar-refractivity contribution < 1.29 is 58.9 Å². The molecule has 0 aliphatic heterocycles. The van der Waals surface area contributed by atoms with E-state index in [0.29, 0.717) is 0 Å². The Hall–Kier alpha value is -1.19. The van der Waals surface area contributed by atoms with Gasteiger partial charge in [0.05, 0.1) is 0 Å². The maximum atomic E-state index is 2.55. The molecule has 0 amide bonds. The molecule has 0 bridgehead atoms. The Morgan fingerprint density at radius 3 is 0.850 bits per heavy atom. The van der Waals surface area contributed by atoms with Gasteiger partial charge in [0, 0.05) is 0 Å². The van der Waals surface area contributed by atoms with Crippen LogP contribution >= 0.6 is 0 Å². The second kappa shape index (κ2) is 17.7. The second-order valence-corrected chi connectivity index (χ2v) is 14.0. The third-order valence-electron chi connectivity index (χ3n) is 8.00. The molecule has 0 saturated carbocycles. The number of aryl methyl sites for hydroxylation is 6. The summed E-state index contributed by atoms with van der Waals surface area (Å²) in [4.78, 5) is 0. The summed E-state index contributed by atoms with van der Waals surface area (Å²) in [5.74, 6) is 0. The normalized spacial score (nSPS) is 10.6. The summed E-state index contributed by atoms with van der Waals surface area (Å²) in [6, 6.07) is 31.9. The smallest absolute Gasteiger partial charge is 1.00 e. The van der Waals surface area contributed by atoms with Gasteiger partial charge in [0.15, 0.2) is 0 Å². The molecule has 4 aromatic carbocycles. The van der Waals surface area contributed by atoms with Gasteiger partial charge in [-0.3, -0.25) is 0 Å². The standard InChI is InChI=1S/C35H43Si.3ClH.Ti/c1-7-26-17-27(8-2)21-33(20-26)36(32-15-13-14-16-32,34-22-28(9-3)18-29(10-4)23-34)35-24-30(11-5)19-31(12-6)25-35;;;;/h13-25H,7-12H2,1-6H3;3*1H;/q-1;;;;+4/p-3. The average Bonchev–Trinajstić information content (AvgIpc) is 3.47.